The molecule has 2 aromatic rings. The Labute approximate surface area is 194 Å². The molecule has 2 aliphatic heterocycles. The minimum absolute atomic E-state index is 0.163. The summed E-state index contributed by atoms with van der Waals surface area (Å²) in [6.07, 6.45) is 3.33. The lowest BCUT2D eigenvalue weighted by molar-refractivity contribution is -0.131. The van der Waals surface area contributed by atoms with Crippen LogP contribution in [0.4, 0.5) is 4.79 Å². The molecule has 7 nitrogen and oxygen atoms in total. The number of rotatable bonds is 7. The fraction of sp³-hybridized carbons (Fsp3) is 0.440. The zero-order chi connectivity index (χ0) is 23.4. The number of imide groups is 1. The molecule has 4 rings (SSSR count). The number of carbonyl (C=O) groups is 2. The minimum atomic E-state index is -3.35. The van der Waals surface area contributed by atoms with E-state index in [2.05, 4.69) is 0 Å². The Morgan fingerprint density at radius 3 is 2.36 bits per heavy atom. The molecule has 2 fully saturated rings. The van der Waals surface area contributed by atoms with Crippen LogP contribution in [0, 0.1) is 5.92 Å². The Morgan fingerprint density at radius 1 is 1.06 bits per heavy atom. The van der Waals surface area contributed by atoms with E-state index in [0.717, 1.165) is 24.7 Å². The number of cyclic esters (lactones) is 1. The summed E-state index contributed by atoms with van der Waals surface area (Å²) in [5.41, 5.74) is 1.73. The molecule has 2 aromatic carbocycles. The van der Waals surface area contributed by atoms with E-state index >= 15 is 0 Å². The SMILES string of the molecule is CS(=O)(=O)c1ccc([C@H](CC2CCOCC2)C(=O)N2C(=O)OC[C@H]2Cc2ccccc2)cc1. The van der Waals surface area contributed by atoms with Crippen molar-refractivity contribution in [2.24, 2.45) is 5.92 Å². The monoisotopic (exact) mass is 471 g/mol. The highest BCUT2D eigenvalue weighted by Gasteiger charge is 2.41. The first-order valence-corrected chi connectivity index (χ1v) is 13.1. The third-order valence-electron chi connectivity index (χ3n) is 6.43. The van der Waals surface area contributed by atoms with Crippen molar-refractivity contribution in [2.45, 2.75) is 42.5 Å². The third-order valence-corrected chi connectivity index (χ3v) is 7.56. The number of nitrogens with zero attached hydrogens (tertiary/aromatic N) is 1. The topological polar surface area (TPSA) is 90.0 Å². The second kappa shape index (κ2) is 10.1. The van der Waals surface area contributed by atoms with E-state index in [1.54, 1.807) is 12.1 Å². The zero-order valence-electron chi connectivity index (χ0n) is 18.7. The van der Waals surface area contributed by atoms with E-state index in [1.165, 1.54) is 17.0 Å². The average molecular weight is 472 g/mol. The Balaban J connectivity index is 1.61. The number of hydrogen-bond acceptors (Lipinski definition) is 6. The first-order valence-electron chi connectivity index (χ1n) is 11.2. The highest BCUT2D eigenvalue weighted by Crippen LogP contribution is 2.33. The lowest BCUT2D eigenvalue weighted by Crippen LogP contribution is -2.43. The largest absolute Gasteiger partial charge is 0.447 e. The van der Waals surface area contributed by atoms with E-state index < -0.39 is 21.8 Å². The maximum Gasteiger partial charge on any atom is 0.417 e. The molecule has 0 aliphatic carbocycles. The summed E-state index contributed by atoms with van der Waals surface area (Å²) in [6.45, 7) is 1.47. The summed E-state index contributed by atoms with van der Waals surface area (Å²) < 4.78 is 34.5. The van der Waals surface area contributed by atoms with E-state index in [9.17, 15) is 18.0 Å². The summed E-state index contributed by atoms with van der Waals surface area (Å²) in [4.78, 5) is 27.9. The quantitative estimate of drug-likeness (QED) is 0.613. The molecular formula is C25H29NO6S. The van der Waals surface area contributed by atoms with Gasteiger partial charge in [-0.05, 0) is 54.9 Å². The lowest BCUT2D eigenvalue weighted by Gasteiger charge is -2.29. The standard InChI is InChI=1S/C25H29NO6S/c1-33(29,30)22-9-7-20(8-10-22)23(16-19-11-13-31-14-12-19)24(27)26-21(17-32-25(26)28)15-18-5-3-2-4-6-18/h2-10,19,21,23H,11-17H2,1H3/t21-,23+/m1/s1. The van der Waals surface area contributed by atoms with Crippen LogP contribution in [-0.2, 0) is 30.5 Å². The molecule has 8 heteroatoms. The molecule has 2 amide bonds. The number of carbonyl (C=O) groups excluding carboxylic acids is 2. The predicted octanol–water partition coefficient (Wildman–Crippen LogP) is 3.58. The summed E-state index contributed by atoms with van der Waals surface area (Å²) in [6, 6.07) is 15.8. The van der Waals surface area contributed by atoms with E-state index in [0.29, 0.717) is 31.6 Å². The number of benzene rings is 2. The van der Waals surface area contributed by atoms with Gasteiger partial charge in [0.05, 0.1) is 16.9 Å². The molecule has 2 atom stereocenters. The highest BCUT2D eigenvalue weighted by atomic mass is 32.2. The summed E-state index contributed by atoms with van der Waals surface area (Å²) in [5.74, 6) is -0.573. The van der Waals surface area contributed by atoms with Crippen LogP contribution in [0.2, 0.25) is 0 Å². The van der Waals surface area contributed by atoms with Crippen molar-refractivity contribution in [1.82, 2.24) is 4.90 Å². The molecular weight excluding hydrogens is 442 g/mol. The van der Waals surface area contributed by atoms with Gasteiger partial charge >= 0.3 is 6.09 Å². The third kappa shape index (κ3) is 5.62. The zero-order valence-corrected chi connectivity index (χ0v) is 19.5. The molecule has 0 bridgehead atoms. The Morgan fingerprint density at radius 2 is 1.73 bits per heavy atom. The van der Waals surface area contributed by atoms with Gasteiger partial charge in [0.25, 0.3) is 0 Å². The van der Waals surface area contributed by atoms with Crippen LogP contribution in [0.1, 0.15) is 36.3 Å². The van der Waals surface area contributed by atoms with Crippen LogP contribution in [0.25, 0.3) is 0 Å². The molecule has 33 heavy (non-hydrogen) atoms. The van der Waals surface area contributed by atoms with Gasteiger partial charge in [0.2, 0.25) is 5.91 Å². The van der Waals surface area contributed by atoms with Gasteiger partial charge in [-0.1, -0.05) is 42.5 Å². The Kier molecular flexibility index (Phi) is 7.14. The molecule has 2 heterocycles. The van der Waals surface area contributed by atoms with Gasteiger partial charge in [-0.2, -0.15) is 0 Å². The van der Waals surface area contributed by atoms with Crippen molar-refractivity contribution < 1.29 is 27.5 Å². The number of hydrogen-bond donors (Lipinski definition) is 0. The number of sulfone groups is 1. The first-order chi connectivity index (χ1) is 15.8. The number of ether oxygens (including phenoxy) is 2. The molecule has 2 saturated heterocycles. The Hall–Kier alpha value is -2.71. The van der Waals surface area contributed by atoms with Crippen molar-refractivity contribution in [3.05, 3.63) is 65.7 Å². The van der Waals surface area contributed by atoms with Gasteiger partial charge in [-0.15, -0.1) is 0 Å². The molecule has 0 aromatic heterocycles. The van der Waals surface area contributed by atoms with Crippen molar-refractivity contribution in [3.8, 4) is 0 Å². The van der Waals surface area contributed by atoms with Gasteiger partial charge in [0, 0.05) is 19.5 Å². The van der Waals surface area contributed by atoms with Crippen LogP contribution >= 0.6 is 0 Å². The second-order valence-electron chi connectivity index (χ2n) is 8.81. The van der Waals surface area contributed by atoms with E-state index in [1.807, 2.05) is 30.3 Å². The van der Waals surface area contributed by atoms with Crippen LogP contribution in [-0.4, -0.2) is 57.4 Å². The Bertz CT molecular complexity index is 1080. The first kappa shape index (κ1) is 23.4. The molecule has 0 unspecified atom stereocenters. The predicted molar refractivity (Wildman–Crippen MR) is 123 cm³/mol. The number of amides is 2. The van der Waals surface area contributed by atoms with Gasteiger partial charge in [-0.25, -0.2) is 18.1 Å². The van der Waals surface area contributed by atoms with Crippen LogP contribution in [0.5, 0.6) is 0 Å². The van der Waals surface area contributed by atoms with E-state index in [-0.39, 0.29) is 29.4 Å². The lowest BCUT2D eigenvalue weighted by atomic mass is 9.84. The normalized spacial score (nSPS) is 20.5. The molecule has 0 radical (unpaired) electrons. The van der Waals surface area contributed by atoms with Gasteiger partial charge in [-0.3, -0.25) is 4.79 Å². The fourth-order valence-corrected chi connectivity index (χ4v) is 5.21. The van der Waals surface area contributed by atoms with Gasteiger partial charge in [0.1, 0.15) is 6.61 Å². The van der Waals surface area contributed by atoms with Gasteiger partial charge < -0.3 is 9.47 Å². The maximum absolute atomic E-state index is 13.8. The molecule has 176 valence electrons. The van der Waals surface area contributed by atoms with Gasteiger partial charge in [0.15, 0.2) is 9.84 Å². The second-order valence-corrected chi connectivity index (χ2v) is 10.8. The molecule has 0 spiro atoms. The van der Waals surface area contributed by atoms with Crippen LogP contribution < -0.4 is 0 Å². The summed E-state index contributed by atoms with van der Waals surface area (Å²) in [7, 11) is -3.35. The summed E-state index contributed by atoms with van der Waals surface area (Å²) in [5, 5.41) is 0. The average Bonchev–Trinajstić information content (AvgIpc) is 3.17. The smallest absolute Gasteiger partial charge is 0.417 e. The molecule has 2 aliphatic rings. The fourth-order valence-electron chi connectivity index (χ4n) is 4.58. The summed E-state index contributed by atoms with van der Waals surface area (Å²) >= 11 is 0. The highest BCUT2D eigenvalue weighted by molar-refractivity contribution is 7.90. The molecule has 0 saturated carbocycles. The van der Waals surface area contributed by atoms with E-state index in [4.69, 9.17) is 9.47 Å². The van der Waals surface area contributed by atoms with Crippen molar-refractivity contribution in [3.63, 3.8) is 0 Å². The van der Waals surface area contributed by atoms with Crippen molar-refractivity contribution in [2.75, 3.05) is 26.1 Å². The van der Waals surface area contributed by atoms with Crippen molar-refractivity contribution >= 4 is 21.8 Å². The minimum Gasteiger partial charge on any atom is -0.447 e. The van der Waals surface area contributed by atoms with Crippen LogP contribution in [0.15, 0.2) is 59.5 Å². The molecule has 0 N–H and O–H groups in total. The van der Waals surface area contributed by atoms with Crippen molar-refractivity contribution in [1.29, 1.82) is 0 Å². The maximum atomic E-state index is 13.8. The van der Waals surface area contributed by atoms with Crippen LogP contribution in [0.3, 0.4) is 0 Å².